The lowest BCUT2D eigenvalue weighted by molar-refractivity contribution is 0.0846. The van der Waals surface area contributed by atoms with Crippen molar-refractivity contribution in [2.24, 2.45) is 4.99 Å². The Kier molecular flexibility index (Phi) is 3.27. The van der Waals surface area contributed by atoms with Gasteiger partial charge in [0.15, 0.2) is 11.5 Å². The summed E-state index contributed by atoms with van der Waals surface area (Å²) in [7, 11) is 0. The number of ether oxygens (including phenoxy) is 1. The molecule has 1 aromatic rings. The van der Waals surface area contributed by atoms with Crippen molar-refractivity contribution in [2.75, 3.05) is 0 Å². The number of hydrogen-bond donors (Lipinski definition) is 0. The molecule has 4 heteroatoms. The van der Waals surface area contributed by atoms with Gasteiger partial charge in [0.2, 0.25) is 0 Å². The van der Waals surface area contributed by atoms with E-state index >= 15 is 0 Å². The lowest BCUT2D eigenvalue weighted by Crippen LogP contribution is -2.34. The lowest BCUT2D eigenvalue weighted by atomic mass is 10.1. The molecule has 2 nitrogen and oxygen atoms in total. The number of nitrogens with zero attached hydrogens (tertiary/aromatic N) is 1. The molecule has 0 saturated carbocycles. The van der Waals surface area contributed by atoms with Crippen LogP contribution in [-0.4, -0.2) is 10.3 Å². The fourth-order valence-electron chi connectivity index (χ4n) is 1.86. The molecule has 1 aliphatic rings. The van der Waals surface area contributed by atoms with Crippen molar-refractivity contribution in [1.29, 1.82) is 0 Å². The molecule has 1 unspecified atom stereocenters. The first-order chi connectivity index (χ1) is 7.56. The molecule has 0 bridgehead atoms. The highest BCUT2D eigenvalue weighted by molar-refractivity contribution is 9.18. The molecule has 2 rings (SSSR count). The van der Waals surface area contributed by atoms with Crippen molar-refractivity contribution in [2.45, 2.75) is 32.4 Å². The molecular formula is C12H13BrClNO. The summed E-state index contributed by atoms with van der Waals surface area (Å²) in [6, 6.07) is 5.67. The maximum atomic E-state index is 6.13. The van der Waals surface area contributed by atoms with E-state index in [1.165, 1.54) is 0 Å². The molecule has 0 N–H and O–H groups in total. The van der Waals surface area contributed by atoms with E-state index in [0.29, 0.717) is 5.02 Å². The fraction of sp³-hybridized carbons (Fsp3) is 0.417. The molecule has 86 valence electrons. The second-order valence-electron chi connectivity index (χ2n) is 4.05. The third-order valence-electron chi connectivity index (χ3n) is 2.56. The molecular weight excluding hydrogens is 289 g/mol. The van der Waals surface area contributed by atoms with E-state index in [4.69, 9.17) is 16.3 Å². The first-order valence-corrected chi connectivity index (χ1v) is 6.46. The van der Waals surface area contributed by atoms with Gasteiger partial charge in [-0.05, 0) is 35.0 Å². The van der Waals surface area contributed by atoms with Gasteiger partial charge in [0, 0.05) is 6.42 Å². The summed E-state index contributed by atoms with van der Waals surface area (Å²) < 4.78 is 6.72. The predicted octanol–water partition coefficient (Wildman–Crippen LogP) is 4.39. The average Bonchev–Trinajstić information content (AvgIpc) is 2.20. The Balaban J connectivity index is 2.47. The molecule has 0 aliphatic carbocycles. The van der Waals surface area contributed by atoms with Gasteiger partial charge in [0.25, 0.3) is 0 Å². The zero-order chi connectivity index (χ0) is 11.8. The number of hydrogen-bond acceptors (Lipinski definition) is 2. The Morgan fingerprint density at radius 1 is 1.50 bits per heavy atom. The molecule has 0 saturated heterocycles. The van der Waals surface area contributed by atoms with E-state index in [1.54, 1.807) is 0 Å². The van der Waals surface area contributed by atoms with Crippen LogP contribution in [0.25, 0.3) is 0 Å². The van der Waals surface area contributed by atoms with Crippen LogP contribution in [0.4, 0.5) is 0 Å². The molecule has 0 fully saturated rings. The zero-order valence-corrected chi connectivity index (χ0v) is 11.6. The molecule has 1 heterocycles. The summed E-state index contributed by atoms with van der Waals surface area (Å²) in [6.45, 7) is 4.09. The second kappa shape index (κ2) is 4.38. The SMILES string of the molecule is CCCC1(C)N=C(Br)c2cccc(Cl)c2O1. The molecule has 1 aliphatic heterocycles. The molecule has 0 aromatic heterocycles. The Hall–Kier alpha value is -0.540. The molecule has 1 aromatic carbocycles. The number of halogens is 2. The van der Waals surface area contributed by atoms with Crippen LogP contribution in [0.15, 0.2) is 23.2 Å². The number of benzene rings is 1. The molecule has 16 heavy (non-hydrogen) atoms. The van der Waals surface area contributed by atoms with Gasteiger partial charge in [-0.15, -0.1) is 0 Å². The number of aliphatic imine (C=N–C) groups is 1. The zero-order valence-electron chi connectivity index (χ0n) is 9.26. The van der Waals surface area contributed by atoms with Crippen molar-refractivity contribution in [1.82, 2.24) is 0 Å². The summed E-state index contributed by atoms with van der Waals surface area (Å²) in [6.07, 6.45) is 1.88. The van der Waals surface area contributed by atoms with Crippen molar-refractivity contribution in [3.8, 4) is 5.75 Å². The van der Waals surface area contributed by atoms with Crippen LogP contribution in [0.3, 0.4) is 0 Å². The first-order valence-electron chi connectivity index (χ1n) is 5.29. The summed E-state index contributed by atoms with van der Waals surface area (Å²) in [5, 5.41) is 0.631. The van der Waals surface area contributed by atoms with Gasteiger partial charge in [-0.1, -0.05) is 31.0 Å². The van der Waals surface area contributed by atoms with Crippen LogP contribution < -0.4 is 4.74 Å². The summed E-state index contributed by atoms with van der Waals surface area (Å²) in [5.41, 5.74) is 0.409. The second-order valence-corrected chi connectivity index (χ2v) is 5.20. The Bertz CT molecular complexity index is 447. The van der Waals surface area contributed by atoms with Crippen LogP contribution in [0.5, 0.6) is 5.75 Å². The van der Waals surface area contributed by atoms with E-state index in [2.05, 4.69) is 27.8 Å². The van der Waals surface area contributed by atoms with Gasteiger partial charge < -0.3 is 4.74 Å². The van der Waals surface area contributed by atoms with Gasteiger partial charge >= 0.3 is 0 Å². The maximum Gasteiger partial charge on any atom is 0.198 e. The van der Waals surface area contributed by atoms with Crippen LogP contribution in [0, 0.1) is 0 Å². The quantitative estimate of drug-likeness (QED) is 0.794. The van der Waals surface area contributed by atoms with Gasteiger partial charge in [-0.2, -0.15) is 0 Å². The summed E-state index contributed by atoms with van der Waals surface area (Å²) in [4.78, 5) is 4.54. The van der Waals surface area contributed by atoms with Crippen molar-refractivity contribution >= 4 is 32.2 Å². The van der Waals surface area contributed by atoms with Crippen molar-refractivity contribution in [3.05, 3.63) is 28.8 Å². The van der Waals surface area contributed by atoms with Gasteiger partial charge in [0.05, 0.1) is 10.6 Å². The minimum Gasteiger partial charge on any atom is -0.464 e. The number of fused-ring (bicyclic) bond motifs is 1. The topological polar surface area (TPSA) is 21.6 Å². The van der Waals surface area contributed by atoms with Crippen LogP contribution >= 0.6 is 27.5 Å². The lowest BCUT2D eigenvalue weighted by Gasteiger charge is -2.32. The van der Waals surface area contributed by atoms with E-state index in [1.807, 2.05) is 25.1 Å². The molecule has 0 radical (unpaired) electrons. The van der Waals surface area contributed by atoms with Gasteiger partial charge in [0.1, 0.15) is 4.62 Å². The molecule has 0 spiro atoms. The van der Waals surface area contributed by atoms with Crippen LogP contribution in [0.1, 0.15) is 32.3 Å². The van der Waals surface area contributed by atoms with Crippen molar-refractivity contribution in [3.63, 3.8) is 0 Å². The first kappa shape index (κ1) is 11.9. The standard InChI is InChI=1S/C12H13BrClNO/c1-3-7-12(2)15-11(13)8-5-4-6-9(14)10(8)16-12/h4-6H,3,7H2,1-2H3. The normalized spacial score (nSPS) is 23.4. The highest BCUT2D eigenvalue weighted by atomic mass is 79.9. The predicted molar refractivity (Wildman–Crippen MR) is 70.9 cm³/mol. The van der Waals surface area contributed by atoms with Crippen LogP contribution in [0.2, 0.25) is 5.02 Å². The third kappa shape index (κ3) is 2.11. The Morgan fingerprint density at radius 3 is 2.94 bits per heavy atom. The minimum atomic E-state index is -0.508. The monoisotopic (exact) mass is 301 g/mol. The van der Waals surface area contributed by atoms with E-state index in [-0.39, 0.29) is 0 Å². The van der Waals surface area contributed by atoms with E-state index in [0.717, 1.165) is 28.8 Å². The molecule has 0 amide bonds. The summed E-state index contributed by atoms with van der Waals surface area (Å²) in [5.74, 6) is 0.724. The minimum absolute atomic E-state index is 0.508. The largest absolute Gasteiger partial charge is 0.464 e. The Morgan fingerprint density at radius 2 is 2.25 bits per heavy atom. The number of rotatable bonds is 2. The van der Waals surface area contributed by atoms with Gasteiger partial charge in [-0.25, -0.2) is 4.99 Å². The fourth-order valence-corrected chi connectivity index (χ4v) is 2.76. The highest BCUT2D eigenvalue weighted by Crippen LogP contribution is 2.39. The maximum absolute atomic E-state index is 6.13. The third-order valence-corrected chi connectivity index (χ3v) is 3.46. The van der Waals surface area contributed by atoms with Gasteiger partial charge in [-0.3, -0.25) is 0 Å². The van der Waals surface area contributed by atoms with Crippen LogP contribution in [-0.2, 0) is 0 Å². The summed E-state index contributed by atoms with van der Waals surface area (Å²) >= 11 is 9.61. The van der Waals surface area contributed by atoms with Crippen molar-refractivity contribution < 1.29 is 4.74 Å². The highest BCUT2D eigenvalue weighted by Gasteiger charge is 2.32. The average molecular weight is 303 g/mol. The molecule has 1 atom stereocenters. The van der Waals surface area contributed by atoms with E-state index < -0.39 is 5.72 Å². The smallest absolute Gasteiger partial charge is 0.198 e. The van der Waals surface area contributed by atoms with E-state index in [9.17, 15) is 0 Å². The Labute approximate surface area is 109 Å². The number of para-hydroxylation sites is 1.